The van der Waals surface area contributed by atoms with E-state index in [1.54, 1.807) is 36.0 Å². The van der Waals surface area contributed by atoms with Crippen molar-refractivity contribution in [3.8, 4) is 0 Å². The van der Waals surface area contributed by atoms with E-state index < -0.39 is 0 Å². The fourth-order valence-electron chi connectivity index (χ4n) is 11.3. The maximum absolute atomic E-state index is 13.1. The maximum Gasteiger partial charge on any atom is 0.307 e. The van der Waals surface area contributed by atoms with Crippen LogP contribution in [0.5, 0.6) is 0 Å². The Kier molecular flexibility index (Phi) is 60.3. The van der Waals surface area contributed by atoms with E-state index in [4.69, 9.17) is 43.4 Å². The SMILES string of the molecule is CCCCCCCCCCCCCCCCCCCC(=O)OCN(COC)c1nc(N(COC)COC(=O)CCCCCCCCCCCCCCCCCCC)nc(N(COC)COC(=O)CCCCCCCCCCCCCCCCCCC)n1. The lowest BCUT2D eigenvalue weighted by molar-refractivity contribution is -0.144. The summed E-state index contributed by atoms with van der Waals surface area (Å²) in [5.41, 5.74) is 0. The number of methoxy groups -OCH3 is 3. The molecule has 0 atom stereocenters. The van der Waals surface area contributed by atoms with Crippen molar-refractivity contribution in [1.82, 2.24) is 15.0 Å². The van der Waals surface area contributed by atoms with E-state index in [2.05, 4.69) is 20.8 Å². The summed E-state index contributed by atoms with van der Waals surface area (Å²) >= 11 is 0. The first-order chi connectivity index (χ1) is 42.8. The Labute approximate surface area is 535 Å². The van der Waals surface area contributed by atoms with Crippen LogP contribution in [0.1, 0.15) is 367 Å². The Morgan fingerprint density at radius 2 is 0.391 bits per heavy atom. The smallest absolute Gasteiger partial charge is 0.307 e. The molecule has 87 heavy (non-hydrogen) atoms. The maximum atomic E-state index is 13.1. The summed E-state index contributed by atoms with van der Waals surface area (Å²) in [6, 6.07) is 0. The monoisotopic (exact) mass is 1230 g/mol. The van der Waals surface area contributed by atoms with Crippen LogP contribution in [0.2, 0.25) is 0 Å². The number of unbranched alkanes of at least 4 members (excludes halogenated alkanes) is 48. The Balaban J connectivity index is 2.80. The highest BCUT2D eigenvalue weighted by molar-refractivity contribution is 5.70. The van der Waals surface area contributed by atoms with E-state index in [-0.39, 0.29) is 76.1 Å². The van der Waals surface area contributed by atoms with Crippen molar-refractivity contribution in [3.05, 3.63) is 0 Å². The molecular formula is C72H138N6O9. The van der Waals surface area contributed by atoms with Crippen LogP contribution in [0.25, 0.3) is 0 Å². The van der Waals surface area contributed by atoms with E-state index >= 15 is 0 Å². The highest BCUT2D eigenvalue weighted by Crippen LogP contribution is 2.23. The molecule has 510 valence electrons. The van der Waals surface area contributed by atoms with Gasteiger partial charge in [-0.25, -0.2) is 0 Å². The van der Waals surface area contributed by atoms with E-state index in [0.717, 1.165) is 57.8 Å². The summed E-state index contributed by atoms with van der Waals surface area (Å²) in [6.45, 7) is 6.29. The van der Waals surface area contributed by atoms with Gasteiger partial charge in [-0.2, -0.15) is 15.0 Å². The number of ether oxygens (including phenoxy) is 6. The van der Waals surface area contributed by atoms with Crippen molar-refractivity contribution in [1.29, 1.82) is 0 Å². The molecule has 15 heteroatoms. The van der Waals surface area contributed by atoms with Crippen LogP contribution in [0, 0.1) is 0 Å². The first-order valence-electron chi connectivity index (χ1n) is 36.8. The first kappa shape index (κ1) is 81.7. The summed E-state index contributed by atoms with van der Waals surface area (Å²) in [5.74, 6) is -0.539. The highest BCUT2D eigenvalue weighted by Gasteiger charge is 2.23. The van der Waals surface area contributed by atoms with Crippen molar-refractivity contribution in [2.75, 3.05) is 76.4 Å². The van der Waals surface area contributed by atoms with Gasteiger partial charge in [0, 0.05) is 40.6 Å². The van der Waals surface area contributed by atoms with Crippen molar-refractivity contribution in [2.24, 2.45) is 0 Å². The van der Waals surface area contributed by atoms with Crippen molar-refractivity contribution in [2.45, 2.75) is 367 Å². The second kappa shape index (κ2) is 64.2. The number of hydrogen-bond donors (Lipinski definition) is 0. The minimum atomic E-state index is -0.313. The van der Waals surface area contributed by atoms with Gasteiger partial charge in [-0.05, 0) is 19.3 Å². The zero-order chi connectivity index (χ0) is 63.0. The number of anilines is 3. The molecule has 0 aliphatic heterocycles. The Bertz CT molecular complexity index is 1460. The fraction of sp³-hybridized carbons (Fsp3) is 0.917. The van der Waals surface area contributed by atoms with Crippen LogP contribution in [-0.2, 0) is 42.8 Å². The van der Waals surface area contributed by atoms with E-state index in [1.165, 1.54) is 270 Å². The summed E-state index contributed by atoms with van der Waals surface area (Å²) in [7, 11) is 4.63. The topological polar surface area (TPSA) is 155 Å². The fourth-order valence-corrected chi connectivity index (χ4v) is 11.3. The minimum absolute atomic E-state index is 0.00740. The van der Waals surface area contributed by atoms with Crippen molar-refractivity contribution in [3.63, 3.8) is 0 Å². The van der Waals surface area contributed by atoms with Gasteiger partial charge in [0.1, 0.15) is 20.2 Å². The van der Waals surface area contributed by atoms with Gasteiger partial charge in [0.15, 0.2) is 20.2 Å². The highest BCUT2D eigenvalue weighted by atomic mass is 16.6. The van der Waals surface area contributed by atoms with Crippen LogP contribution in [-0.4, -0.2) is 94.6 Å². The van der Waals surface area contributed by atoms with Gasteiger partial charge in [0.2, 0.25) is 17.8 Å². The number of hydrogen-bond acceptors (Lipinski definition) is 15. The molecule has 0 N–H and O–H groups in total. The molecule has 15 nitrogen and oxygen atoms in total. The van der Waals surface area contributed by atoms with Crippen LogP contribution < -0.4 is 14.7 Å². The van der Waals surface area contributed by atoms with E-state index in [0.29, 0.717) is 19.3 Å². The average molecular weight is 1230 g/mol. The summed E-state index contributed by atoms with van der Waals surface area (Å²) in [5, 5.41) is 0. The number of aromatic nitrogens is 3. The molecule has 1 aromatic rings. The van der Waals surface area contributed by atoms with Crippen molar-refractivity contribution < 1.29 is 42.8 Å². The van der Waals surface area contributed by atoms with Gasteiger partial charge in [-0.15, -0.1) is 0 Å². The molecule has 1 rings (SSSR count). The lowest BCUT2D eigenvalue weighted by Gasteiger charge is -2.27. The second-order valence-electron chi connectivity index (χ2n) is 25.3. The predicted octanol–water partition coefficient (Wildman–Crippen LogP) is 20.7. The van der Waals surface area contributed by atoms with Crippen molar-refractivity contribution >= 4 is 35.8 Å². The quantitative estimate of drug-likeness (QED) is 0.0263. The molecular weight excluding hydrogens is 1090 g/mol. The van der Waals surface area contributed by atoms with Gasteiger partial charge in [0.05, 0.1) is 0 Å². The zero-order valence-corrected chi connectivity index (χ0v) is 57.8. The first-order valence-corrected chi connectivity index (χ1v) is 36.8. The third-order valence-corrected chi connectivity index (χ3v) is 16.9. The summed E-state index contributed by atoms with van der Waals surface area (Å²) in [6.07, 6.45) is 65.9. The Morgan fingerprint density at radius 3 is 0.540 bits per heavy atom. The third-order valence-electron chi connectivity index (χ3n) is 16.9. The molecule has 0 saturated carbocycles. The number of esters is 3. The lowest BCUT2D eigenvalue weighted by Crippen LogP contribution is -2.37. The standard InChI is InChI=1S/C72H138N6O9/c1-7-10-13-16-19-22-25-28-31-34-37-40-43-46-49-52-55-58-67(79)85-64-76(61-82-4)70-73-71(77(62-83-5)65-86-68(80)59-56-53-50-47-44-41-38-35-32-29-26-23-20-17-14-11-8-2)75-72(74-70)78(63-84-6)66-87-69(81)60-57-54-51-48-45-42-39-36-33-30-27-24-21-18-15-12-9-3/h7-66H2,1-6H3. The minimum Gasteiger partial charge on any atom is -0.444 e. The molecule has 0 bridgehead atoms. The van der Waals surface area contributed by atoms with Crippen LogP contribution in [0.4, 0.5) is 17.8 Å². The Morgan fingerprint density at radius 1 is 0.241 bits per heavy atom. The summed E-state index contributed by atoms with van der Waals surface area (Å²) < 4.78 is 34.2. The normalized spacial score (nSPS) is 11.4. The van der Waals surface area contributed by atoms with Crippen LogP contribution in [0.15, 0.2) is 0 Å². The molecule has 0 fully saturated rings. The predicted molar refractivity (Wildman–Crippen MR) is 362 cm³/mol. The molecule has 0 saturated heterocycles. The van der Waals surface area contributed by atoms with E-state index in [9.17, 15) is 14.4 Å². The molecule has 0 spiro atoms. The summed E-state index contributed by atoms with van der Waals surface area (Å²) in [4.78, 5) is 58.6. The molecule has 0 aliphatic carbocycles. The molecule has 0 unspecified atom stereocenters. The molecule has 1 heterocycles. The van der Waals surface area contributed by atoms with E-state index in [1.807, 2.05) is 0 Å². The number of carbonyl (C=O) groups is 3. The zero-order valence-electron chi connectivity index (χ0n) is 57.8. The number of nitrogens with zero attached hydrogens (tertiary/aromatic N) is 6. The largest absolute Gasteiger partial charge is 0.444 e. The van der Waals surface area contributed by atoms with Gasteiger partial charge in [0.25, 0.3) is 0 Å². The molecule has 0 radical (unpaired) electrons. The molecule has 1 aromatic heterocycles. The van der Waals surface area contributed by atoms with Gasteiger partial charge < -0.3 is 28.4 Å². The number of carbonyl (C=O) groups excluding carboxylic acids is 3. The number of rotatable bonds is 69. The van der Waals surface area contributed by atoms with Gasteiger partial charge in [-0.3, -0.25) is 29.1 Å². The molecule has 0 aliphatic rings. The lowest BCUT2D eigenvalue weighted by atomic mass is 10.0. The Hall–Kier alpha value is -3.30. The van der Waals surface area contributed by atoms with Crippen LogP contribution in [0.3, 0.4) is 0 Å². The molecule has 0 amide bonds. The molecule has 0 aromatic carbocycles. The average Bonchev–Trinajstić information content (AvgIpc) is 1.83. The van der Waals surface area contributed by atoms with Crippen LogP contribution >= 0.6 is 0 Å². The van der Waals surface area contributed by atoms with Gasteiger partial charge in [-0.1, -0.05) is 329 Å². The third kappa shape index (κ3) is 52.1. The van der Waals surface area contributed by atoms with Gasteiger partial charge >= 0.3 is 17.9 Å². The second-order valence-corrected chi connectivity index (χ2v) is 25.3.